The summed E-state index contributed by atoms with van der Waals surface area (Å²) >= 11 is 3.44. The summed E-state index contributed by atoms with van der Waals surface area (Å²) in [4.78, 5) is 0. The zero-order valence-electron chi connectivity index (χ0n) is 8.04. The Kier molecular flexibility index (Phi) is 3.38. The standard InChI is InChI=1S/C12H13BrN/c13-12-3-1-10(2-4-12)9-11-5-7-14-8-6-11/h1-5H,6-9H2. The molecule has 1 aromatic rings. The van der Waals surface area contributed by atoms with Crippen molar-refractivity contribution in [1.82, 2.24) is 5.32 Å². The van der Waals surface area contributed by atoms with Gasteiger partial charge in [-0.05, 0) is 30.5 Å². The van der Waals surface area contributed by atoms with E-state index < -0.39 is 0 Å². The van der Waals surface area contributed by atoms with Crippen LogP contribution >= 0.6 is 15.9 Å². The fourth-order valence-corrected chi connectivity index (χ4v) is 1.90. The third-order valence-corrected chi connectivity index (χ3v) is 2.97. The van der Waals surface area contributed by atoms with Crippen LogP contribution < -0.4 is 5.32 Å². The van der Waals surface area contributed by atoms with Crippen molar-refractivity contribution in [3.8, 4) is 0 Å². The molecule has 2 heteroatoms. The minimum Gasteiger partial charge on any atom is -0.237 e. The van der Waals surface area contributed by atoms with E-state index in [4.69, 9.17) is 0 Å². The molecule has 0 bridgehead atoms. The Morgan fingerprint density at radius 3 is 2.64 bits per heavy atom. The Hall–Kier alpha value is -0.600. The first kappa shape index (κ1) is 9.94. The summed E-state index contributed by atoms with van der Waals surface area (Å²) in [6.07, 6.45) is 4.48. The molecule has 0 saturated heterocycles. The maximum Gasteiger partial charge on any atom is 0.0317 e. The first-order valence-corrected chi connectivity index (χ1v) is 5.69. The van der Waals surface area contributed by atoms with Crippen molar-refractivity contribution in [1.29, 1.82) is 0 Å². The number of nitrogens with zero attached hydrogens (tertiary/aromatic N) is 1. The number of rotatable bonds is 2. The average Bonchev–Trinajstić information content (AvgIpc) is 2.23. The van der Waals surface area contributed by atoms with E-state index in [1.54, 1.807) is 0 Å². The number of halogens is 1. The molecule has 1 radical (unpaired) electrons. The predicted octanol–water partition coefficient (Wildman–Crippen LogP) is 2.93. The Bertz CT molecular complexity index is 327. The first-order chi connectivity index (χ1) is 6.84. The molecule has 0 spiro atoms. The monoisotopic (exact) mass is 250 g/mol. The zero-order chi connectivity index (χ0) is 9.80. The van der Waals surface area contributed by atoms with Gasteiger partial charge in [0.05, 0.1) is 0 Å². The Morgan fingerprint density at radius 1 is 1.21 bits per heavy atom. The van der Waals surface area contributed by atoms with E-state index in [0.29, 0.717) is 0 Å². The van der Waals surface area contributed by atoms with Crippen LogP contribution in [0.15, 0.2) is 40.4 Å². The highest BCUT2D eigenvalue weighted by Gasteiger charge is 2.04. The molecular formula is C12H13BrN. The fourth-order valence-electron chi connectivity index (χ4n) is 1.63. The summed E-state index contributed by atoms with van der Waals surface area (Å²) in [5, 5.41) is 4.30. The molecule has 1 aliphatic heterocycles. The van der Waals surface area contributed by atoms with E-state index in [2.05, 4.69) is 51.6 Å². The van der Waals surface area contributed by atoms with Gasteiger partial charge in [-0.1, -0.05) is 39.7 Å². The number of benzene rings is 1. The molecule has 1 aromatic carbocycles. The van der Waals surface area contributed by atoms with Crippen LogP contribution in [0, 0.1) is 0 Å². The van der Waals surface area contributed by atoms with Gasteiger partial charge in [-0.15, -0.1) is 0 Å². The summed E-state index contributed by atoms with van der Waals surface area (Å²) < 4.78 is 1.15. The SMILES string of the molecule is Brc1ccc(CC2=CC[N]CC2)cc1. The van der Waals surface area contributed by atoms with Crippen molar-refractivity contribution >= 4 is 15.9 Å². The van der Waals surface area contributed by atoms with Crippen molar-refractivity contribution in [3.05, 3.63) is 46.0 Å². The number of hydrogen-bond acceptors (Lipinski definition) is 0. The third-order valence-electron chi connectivity index (χ3n) is 2.44. The van der Waals surface area contributed by atoms with E-state index in [1.807, 2.05) is 0 Å². The largest absolute Gasteiger partial charge is 0.237 e. The van der Waals surface area contributed by atoms with Crippen LogP contribution in [0.3, 0.4) is 0 Å². The molecule has 73 valence electrons. The molecule has 0 atom stereocenters. The molecule has 1 heterocycles. The second-order valence-electron chi connectivity index (χ2n) is 3.55. The molecule has 1 aliphatic rings. The van der Waals surface area contributed by atoms with Crippen molar-refractivity contribution in [2.45, 2.75) is 12.8 Å². The van der Waals surface area contributed by atoms with E-state index in [1.165, 1.54) is 11.1 Å². The van der Waals surface area contributed by atoms with Gasteiger partial charge in [-0.2, -0.15) is 0 Å². The van der Waals surface area contributed by atoms with Crippen molar-refractivity contribution in [2.24, 2.45) is 0 Å². The quantitative estimate of drug-likeness (QED) is 0.717. The summed E-state index contributed by atoms with van der Waals surface area (Å²) in [6, 6.07) is 8.56. The van der Waals surface area contributed by atoms with Crippen LogP contribution in [-0.4, -0.2) is 13.1 Å². The van der Waals surface area contributed by atoms with Crippen LogP contribution in [0.5, 0.6) is 0 Å². The first-order valence-electron chi connectivity index (χ1n) is 4.90. The lowest BCUT2D eigenvalue weighted by atomic mass is 10.0. The highest BCUT2D eigenvalue weighted by molar-refractivity contribution is 9.10. The molecule has 1 nitrogen and oxygen atoms in total. The zero-order valence-corrected chi connectivity index (χ0v) is 9.63. The fraction of sp³-hybridized carbons (Fsp3) is 0.333. The lowest BCUT2D eigenvalue weighted by Crippen LogP contribution is -2.14. The lowest BCUT2D eigenvalue weighted by Gasteiger charge is -2.12. The van der Waals surface area contributed by atoms with Gasteiger partial charge in [0.15, 0.2) is 0 Å². The van der Waals surface area contributed by atoms with E-state index in [-0.39, 0.29) is 0 Å². The topological polar surface area (TPSA) is 14.1 Å². The second kappa shape index (κ2) is 4.76. The average molecular weight is 251 g/mol. The van der Waals surface area contributed by atoms with Crippen LogP contribution in [0.25, 0.3) is 0 Å². The highest BCUT2D eigenvalue weighted by Crippen LogP contribution is 2.16. The van der Waals surface area contributed by atoms with Gasteiger partial charge in [0.2, 0.25) is 0 Å². The summed E-state index contributed by atoms with van der Waals surface area (Å²) in [6.45, 7) is 1.91. The van der Waals surface area contributed by atoms with Gasteiger partial charge < -0.3 is 0 Å². The van der Waals surface area contributed by atoms with Crippen LogP contribution in [0.4, 0.5) is 0 Å². The van der Waals surface area contributed by atoms with Crippen LogP contribution in [0.1, 0.15) is 12.0 Å². The second-order valence-corrected chi connectivity index (χ2v) is 4.46. The summed E-state index contributed by atoms with van der Waals surface area (Å²) in [7, 11) is 0. The van der Waals surface area contributed by atoms with Crippen LogP contribution in [0.2, 0.25) is 0 Å². The molecule has 0 unspecified atom stereocenters. The molecule has 0 saturated carbocycles. The molecule has 0 aliphatic carbocycles. The van der Waals surface area contributed by atoms with E-state index in [9.17, 15) is 0 Å². The molecule has 0 fully saturated rings. The third kappa shape index (κ3) is 2.69. The van der Waals surface area contributed by atoms with E-state index in [0.717, 1.165) is 30.4 Å². The number of hydrogen-bond donors (Lipinski definition) is 0. The lowest BCUT2D eigenvalue weighted by molar-refractivity contribution is 0.679. The molecule has 14 heavy (non-hydrogen) atoms. The van der Waals surface area contributed by atoms with Gasteiger partial charge in [0.1, 0.15) is 0 Å². The summed E-state index contributed by atoms with van der Waals surface area (Å²) in [5.74, 6) is 0. The van der Waals surface area contributed by atoms with E-state index >= 15 is 0 Å². The molecule has 0 N–H and O–H groups in total. The minimum atomic E-state index is 0.909. The Morgan fingerprint density at radius 2 is 2.00 bits per heavy atom. The normalized spacial score (nSPS) is 16.5. The smallest absolute Gasteiger partial charge is 0.0317 e. The van der Waals surface area contributed by atoms with Crippen LogP contribution in [-0.2, 0) is 6.42 Å². The minimum absolute atomic E-state index is 0.909. The maximum atomic E-state index is 4.30. The molecule has 0 amide bonds. The van der Waals surface area contributed by atoms with Gasteiger partial charge >= 0.3 is 0 Å². The van der Waals surface area contributed by atoms with Gasteiger partial charge in [-0.3, -0.25) is 0 Å². The van der Waals surface area contributed by atoms with Gasteiger partial charge in [0, 0.05) is 17.6 Å². The van der Waals surface area contributed by atoms with Crippen molar-refractivity contribution < 1.29 is 0 Å². The van der Waals surface area contributed by atoms with Gasteiger partial charge in [-0.25, -0.2) is 5.32 Å². The van der Waals surface area contributed by atoms with Gasteiger partial charge in [0.25, 0.3) is 0 Å². The predicted molar refractivity (Wildman–Crippen MR) is 62.4 cm³/mol. The van der Waals surface area contributed by atoms with Crippen molar-refractivity contribution in [2.75, 3.05) is 13.1 Å². The molecular weight excluding hydrogens is 238 g/mol. The highest BCUT2D eigenvalue weighted by atomic mass is 79.9. The molecule has 0 aromatic heterocycles. The molecule has 2 rings (SSSR count). The Labute approximate surface area is 93.3 Å². The Balaban J connectivity index is 2.03. The van der Waals surface area contributed by atoms with Crippen molar-refractivity contribution in [3.63, 3.8) is 0 Å². The summed E-state index contributed by atoms with van der Waals surface area (Å²) in [5.41, 5.74) is 2.92. The maximum absolute atomic E-state index is 4.30.